The lowest BCUT2D eigenvalue weighted by atomic mass is 9.92. The zero-order chi connectivity index (χ0) is 23.6. The van der Waals surface area contributed by atoms with E-state index in [1.807, 2.05) is 12.1 Å². The third kappa shape index (κ3) is 8.05. The Morgan fingerprint density at radius 1 is 0.970 bits per heavy atom. The average Bonchev–Trinajstić information content (AvgIpc) is 2.82. The van der Waals surface area contributed by atoms with Crippen molar-refractivity contribution < 1.29 is 18.3 Å². The SMILES string of the molecule is CCCCCCC[Si]1CCC(c2ccc(CC(O)C#Cc3cc(F)c(F)c(F)c3)cc2)CC1. The minimum Gasteiger partial charge on any atom is -0.380 e. The lowest BCUT2D eigenvalue weighted by molar-refractivity contribution is 0.233. The highest BCUT2D eigenvalue weighted by Crippen LogP contribution is 2.35. The van der Waals surface area contributed by atoms with Crippen molar-refractivity contribution in [2.75, 3.05) is 0 Å². The third-order valence-corrected chi connectivity index (χ3v) is 9.63. The highest BCUT2D eigenvalue weighted by atomic mass is 28.3. The van der Waals surface area contributed by atoms with Crippen LogP contribution in [0.3, 0.4) is 0 Å². The Morgan fingerprint density at radius 2 is 1.61 bits per heavy atom. The van der Waals surface area contributed by atoms with Gasteiger partial charge < -0.3 is 5.11 Å². The number of halogens is 3. The smallest absolute Gasteiger partial charge is 0.194 e. The molecule has 2 aromatic rings. The van der Waals surface area contributed by atoms with E-state index in [2.05, 4.69) is 30.9 Å². The molecule has 1 fully saturated rings. The van der Waals surface area contributed by atoms with E-state index >= 15 is 0 Å². The molecule has 1 heterocycles. The highest BCUT2D eigenvalue weighted by Gasteiger charge is 2.23. The van der Waals surface area contributed by atoms with E-state index in [4.69, 9.17) is 0 Å². The zero-order valence-electron chi connectivity index (χ0n) is 19.5. The number of aliphatic hydroxyl groups is 1. The fourth-order valence-corrected chi connectivity index (χ4v) is 7.60. The molecule has 3 rings (SSSR count). The van der Waals surface area contributed by atoms with E-state index in [0.29, 0.717) is 12.3 Å². The van der Waals surface area contributed by atoms with Gasteiger partial charge in [-0.05, 0) is 42.0 Å². The van der Waals surface area contributed by atoms with E-state index in [9.17, 15) is 18.3 Å². The second kappa shape index (κ2) is 13.0. The maximum absolute atomic E-state index is 13.3. The number of benzene rings is 2. The molecule has 1 aliphatic rings. The predicted octanol–water partition coefficient (Wildman–Crippen LogP) is 7.40. The quantitative estimate of drug-likeness (QED) is 0.175. The second-order valence-electron chi connectivity index (χ2n) is 9.17. The summed E-state index contributed by atoms with van der Waals surface area (Å²) in [5.74, 6) is 1.66. The number of unbranched alkanes of at least 4 members (excludes halogenated alkanes) is 4. The van der Waals surface area contributed by atoms with Gasteiger partial charge in [0.05, 0.1) is 0 Å². The molecule has 1 atom stereocenters. The summed E-state index contributed by atoms with van der Waals surface area (Å²) >= 11 is 0. The van der Waals surface area contributed by atoms with Gasteiger partial charge in [0.1, 0.15) is 6.10 Å². The van der Waals surface area contributed by atoms with Crippen LogP contribution < -0.4 is 0 Å². The van der Waals surface area contributed by atoms with Crippen LogP contribution in [-0.4, -0.2) is 20.0 Å². The van der Waals surface area contributed by atoms with E-state index < -0.39 is 23.6 Å². The standard InChI is InChI=1S/C28H34F3OSi/c1-2-3-4-5-6-15-33-16-13-24(14-17-33)23-10-7-21(8-11-23)18-25(32)12-9-22-19-26(29)28(31)27(30)20-22/h7-8,10-11,19-20,24-25,32H,2-6,13-18H2,1H3. The molecule has 0 spiro atoms. The first-order chi connectivity index (χ1) is 16.0. The molecule has 33 heavy (non-hydrogen) atoms. The fraction of sp³-hybridized carbons (Fsp3) is 0.500. The van der Waals surface area contributed by atoms with Crippen molar-refractivity contribution >= 4 is 8.80 Å². The van der Waals surface area contributed by atoms with Gasteiger partial charge in [-0.1, -0.05) is 93.3 Å². The summed E-state index contributed by atoms with van der Waals surface area (Å²) in [4.78, 5) is 0. The van der Waals surface area contributed by atoms with Crippen molar-refractivity contribution in [3.63, 3.8) is 0 Å². The molecule has 1 N–H and O–H groups in total. The van der Waals surface area contributed by atoms with Gasteiger partial charge in [0.25, 0.3) is 0 Å². The molecule has 0 bridgehead atoms. The second-order valence-corrected chi connectivity index (χ2v) is 12.2. The van der Waals surface area contributed by atoms with Crippen LogP contribution in [0.1, 0.15) is 74.5 Å². The van der Waals surface area contributed by atoms with Gasteiger partial charge in [-0.15, -0.1) is 0 Å². The van der Waals surface area contributed by atoms with Gasteiger partial charge in [-0.25, -0.2) is 13.2 Å². The molecule has 0 aromatic heterocycles. The van der Waals surface area contributed by atoms with E-state index in [1.165, 1.54) is 68.6 Å². The molecular formula is C28H34F3OSi. The Kier molecular flexibility index (Phi) is 10.1. The number of hydrogen-bond acceptors (Lipinski definition) is 1. The molecule has 1 unspecified atom stereocenters. The number of aliphatic hydroxyl groups excluding tert-OH is 1. The molecule has 0 saturated carbocycles. The largest absolute Gasteiger partial charge is 0.380 e. The van der Waals surface area contributed by atoms with Crippen LogP contribution in [0.15, 0.2) is 36.4 Å². The molecule has 0 aliphatic carbocycles. The molecule has 177 valence electrons. The Labute approximate surface area is 198 Å². The lowest BCUT2D eigenvalue weighted by Gasteiger charge is -2.28. The van der Waals surface area contributed by atoms with Crippen molar-refractivity contribution in [3.8, 4) is 11.8 Å². The summed E-state index contributed by atoms with van der Waals surface area (Å²) in [5.41, 5.74) is 2.34. The summed E-state index contributed by atoms with van der Waals surface area (Å²) in [7, 11) is -0.151. The average molecular weight is 472 g/mol. The van der Waals surface area contributed by atoms with E-state index in [0.717, 1.165) is 17.7 Å². The molecular weight excluding hydrogens is 437 g/mol. The maximum Gasteiger partial charge on any atom is 0.194 e. The molecule has 0 amide bonds. The van der Waals surface area contributed by atoms with Gasteiger partial charge in [0.2, 0.25) is 0 Å². The van der Waals surface area contributed by atoms with Gasteiger partial charge in [0, 0.05) is 20.8 Å². The molecule has 1 aliphatic heterocycles. The topological polar surface area (TPSA) is 20.2 Å². The van der Waals surface area contributed by atoms with Crippen LogP contribution in [0.5, 0.6) is 0 Å². The van der Waals surface area contributed by atoms with Crippen LogP contribution in [0, 0.1) is 29.3 Å². The van der Waals surface area contributed by atoms with Crippen LogP contribution in [0.4, 0.5) is 13.2 Å². The van der Waals surface area contributed by atoms with Gasteiger partial charge >= 0.3 is 0 Å². The summed E-state index contributed by atoms with van der Waals surface area (Å²) in [6.07, 6.45) is 8.85. The summed E-state index contributed by atoms with van der Waals surface area (Å²) in [6, 6.07) is 14.4. The molecule has 1 nitrogen and oxygen atoms in total. The Morgan fingerprint density at radius 3 is 2.24 bits per heavy atom. The Hall–Kier alpha value is -2.03. The van der Waals surface area contributed by atoms with Crippen molar-refractivity contribution in [1.82, 2.24) is 0 Å². The van der Waals surface area contributed by atoms with Crippen LogP contribution in [0.2, 0.25) is 18.1 Å². The van der Waals surface area contributed by atoms with Crippen LogP contribution >= 0.6 is 0 Å². The molecule has 2 aromatic carbocycles. The highest BCUT2D eigenvalue weighted by molar-refractivity contribution is 6.59. The third-order valence-electron chi connectivity index (χ3n) is 6.57. The van der Waals surface area contributed by atoms with E-state index in [-0.39, 0.29) is 14.4 Å². The van der Waals surface area contributed by atoms with Gasteiger partial charge in [-0.3, -0.25) is 0 Å². The van der Waals surface area contributed by atoms with Crippen LogP contribution in [-0.2, 0) is 6.42 Å². The van der Waals surface area contributed by atoms with Gasteiger partial charge in [0.15, 0.2) is 17.5 Å². The van der Waals surface area contributed by atoms with Crippen molar-refractivity contribution in [2.24, 2.45) is 0 Å². The first-order valence-electron chi connectivity index (χ1n) is 12.2. The Balaban J connectivity index is 1.45. The predicted molar refractivity (Wildman–Crippen MR) is 130 cm³/mol. The summed E-state index contributed by atoms with van der Waals surface area (Å²) in [6.45, 7) is 2.26. The van der Waals surface area contributed by atoms with E-state index in [1.54, 1.807) is 0 Å². The van der Waals surface area contributed by atoms with Crippen molar-refractivity contribution in [3.05, 3.63) is 70.5 Å². The molecule has 5 heteroatoms. The first kappa shape index (κ1) is 25.6. The normalized spacial score (nSPS) is 15.8. The maximum atomic E-state index is 13.3. The monoisotopic (exact) mass is 471 g/mol. The van der Waals surface area contributed by atoms with Gasteiger partial charge in [-0.2, -0.15) is 0 Å². The zero-order valence-corrected chi connectivity index (χ0v) is 20.5. The lowest BCUT2D eigenvalue weighted by Crippen LogP contribution is -2.20. The van der Waals surface area contributed by atoms with Crippen molar-refractivity contribution in [2.45, 2.75) is 88.4 Å². The minimum atomic E-state index is -1.51. The number of rotatable bonds is 9. The fourth-order valence-electron chi connectivity index (χ4n) is 4.58. The number of hydrogen-bond donors (Lipinski definition) is 1. The molecule has 1 radical (unpaired) electrons. The van der Waals surface area contributed by atoms with Crippen molar-refractivity contribution in [1.29, 1.82) is 0 Å². The first-order valence-corrected chi connectivity index (χ1v) is 14.3. The summed E-state index contributed by atoms with van der Waals surface area (Å²) < 4.78 is 39.6. The minimum absolute atomic E-state index is 0.0000337. The van der Waals surface area contributed by atoms with Crippen LogP contribution in [0.25, 0.3) is 0 Å². The Bertz CT molecular complexity index is 917. The molecule has 1 saturated heterocycles. The summed E-state index contributed by atoms with van der Waals surface area (Å²) in [5, 5.41) is 10.2.